The predicted molar refractivity (Wildman–Crippen MR) is 108 cm³/mol. The van der Waals surface area contributed by atoms with Crippen LogP contribution in [-0.2, 0) is 6.18 Å². The van der Waals surface area contributed by atoms with Crippen molar-refractivity contribution in [1.82, 2.24) is 20.0 Å². The minimum absolute atomic E-state index is 0.123. The molecule has 2 N–H and O–H groups in total. The van der Waals surface area contributed by atoms with Gasteiger partial charge < -0.3 is 5.32 Å². The quantitative estimate of drug-likeness (QED) is 0.466. The number of rotatable bonds is 4. The van der Waals surface area contributed by atoms with E-state index in [2.05, 4.69) is 20.6 Å². The molecule has 10 heteroatoms. The van der Waals surface area contributed by atoms with Crippen LogP contribution in [0.3, 0.4) is 0 Å². The summed E-state index contributed by atoms with van der Waals surface area (Å²) in [5, 5.41) is 13.0. The molecule has 0 radical (unpaired) electrons. The number of anilines is 1. The van der Waals surface area contributed by atoms with Crippen LogP contribution in [0.1, 0.15) is 26.5 Å². The Morgan fingerprint density at radius 2 is 1.93 bits per heavy atom. The van der Waals surface area contributed by atoms with Gasteiger partial charge in [0.1, 0.15) is 0 Å². The number of aromatic amines is 1. The third kappa shape index (κ3) is 3.73. The van der Waals surface area contributed by atoms with Crippen LogP contribution in [0.4, 0.5) is 19.0 Å². The van der Waals surface area contributed by atoms with E-state index >= 15 is 0 Å². The molecule has 0 aliphatic rings. The number of thiophene rings is 1. The van der Waals surface area contributed by atoms with E-state index in [0.717, 1.165) is 20.6 Å². The molecule has 3 heterocycles. The minimum atomic E-state index is -4.78. The van der Waals surface area contributed by atoms with Crippen molar-refractivity contribution in [3.63, 3.8) is 0 Å². The highest BCUT2D eigenvalue weighted by atomic mass is 32.1. The van der Waals surface area contributed by atoms with Gasteiger partial charge in [-0.05, 0) is 37.6 Å². The number of hydrogen-bond donors (Lipinski definition) is 2. The van der Waals surface area contributed by atoms with Gasteiger partial charge in [-0.1, -0.05) is 18.2 Å². The van der Waals surface area contributed by atoms with Crippen molar-refractivity contribution >= 4 is 23.1 Å². The Labute approximate surface area is 173 Å². The highest BCUT2D eigenvalue weighted by Gasteiger charge is 2.40. The number of alkyl halides is 3. The second-order valence-corrected chi connectivity index (χ2v) is 7.92. The molecule has 0 aliphatic heterocycles. The number of carbonyl (C=O) groups is 1. The number of amides is 1. The van der Waals surface area contributed by atoms with Crippen molar-refractivity contribution < 1.29 is 18.0 Å². The number of aryl methyl sites for hydroxylation is 2. The lowest BCUT2D eigenvalue weighted by atomic mass is 10.1. The highest BCUT2D eigenvalue weighted by Crippen LogP contribution is 2.35. The summed E-state index contributed by atoms with van der Waals surface area (Å²) < 4.78 is 42.2. The van der Waals surface area contributed by atoms with Gasteiger partial charge in [-0.2, -0.15) is 23.4 Å². The molecular formula is C20H16F3N5OS. The maximum atomic E-state index is 13.8. The Balaban J connectivity index is 1.67. The van der Waals surface area contributed by atoms with Gasteiger partial charge in [-0.25, -0.2) is 4.68 Å². The van der Waals surface area contributed by atoms with Crippen molar-refractivity contribution in [2.75, 3.05) is 5.32 Å². The summed E-state index contributed by atoms with van der Waals surface area (Å²) in [6.45, 7) is 3.63. The second kappa shape index (κ2) is 7.45. The zero-order chi connectivity index (χ0) is 21.5. The van der Waals surface area contributed by atoms with Crippen LogP contribution in [0.2, 0.25) is 0 Å². The van der Waals surface area contributed by atoms with Crippen LogP contribution in [0.5, 0.6) is 0 Å². The third-order valence-electron chi connectivity index (χ3n) is 4.45. The maximum absolute atomic E-state index is 13.8. The molecule has 0 bridgehead atoms. The van der Waals surface area contributed by atoms with E-state index in [1.807, 2.05) is 19.1 Å². The van der Waals surface area contributed by atoms with Gasteiger partial charge in [0, 0.05) is 10.9 Å². The smallest absolute Gasteiger partial charge is 0.305 e. The molecular weight excluding hydrogens is 415 g/mol. The fourth-order valence-corrected chi connectivity index (χ4v) is 3.88. The van der Waals surface area contributed by atoms with Crippen molar-refractivity contribution in [2.45, 2.75) is 20.0 Å². The van der Waals surface area contributed by atoms with E-state index in [4.69, 9.17) is 0 Å². The van der Waals surface area contributed by atoms with Gasteiger partial charge in [0.2, 0.25) is 0 Å². The molecule has 0 unspecified atom stereocenters. The van der Waals surface area contributed by atoms with E-state index in [1.165, 1.54) is 17.4 Å². The van der Waals surface area contributed by atoms with Gasteiger partial charge in [-0.15, -0.1) is 11.3 Å². The summed E-state index contributed by atoms with van der Waals surface area (Å²) in [4.78, 5) is 14.7. The summed E-state index contributed by atoms with van der Waals surface area (Å²) in [6, 6.07) is 11.9. The number of nitrogens with zero attached hydrogens (tertiary/aromatic N) is 3. The minimum Gasteiger partial charge on any atom is -0.305 e. The number of hydrogen-bond acceptors (Lipinski definition) is 4. The first-order valence-electron chi connectivity index (χ1n) is 8.89. The molecule has 154 valence electrons. The third-order valence-corrected chi connectivity index (χ3v) is 5.49. The largest absolute Gasteiger partial charge is 0.434 e. The van der Waals surface area contributed by atoms with E-state index in [-0.39, 0.29) is 11.5 Å². The molecule has 4 rings (SSSR count). The number of para-hydroxylation sites is 1. The highest BCUT2D eigenvalue weighted by molar-refractivity contribution is 7.15. The summed E-state index contributed by atoms with van der Waals surface area (Å²) in [7, 11) is 0. The van der Waals surface area contributed by atoms with Gasteiger partial charge in [-0.3, -0.25) is 9.89 Å². The zero-order valence-electron chi connectivity index (χ0n) is 15.9. The Kier molecular flexibility index (Phi) is 4.94. The summed E-state index contributed by atoms with van der Waals surface area (Å²) in [5.74, 6) is -0.819. The summed E-state index contributed by atoms with van der Waals surface area (Å²) in [6.07, 6.45) is -3.86. The molecule has 30 heavy (non-hydrogen) atoms. The Bertz CT molecular complexity index is 1220. The van der Waals surface area contributed by atoms with Crippen LogP contribution in [0.25, 0.3) is 16.3 Å². The lowest BCUT2D eigenvalue weighted by Gasteiger charge is -2.14. The molecule has 0 atom stereocenters. The number of benzene rings is 1. The molecule has 3 aromatic heterocycles. The Morgan fingerprint density at radius 1 is 1.17 bits per heavy atom. The standard InChI is InChI=1S/C20H16F3N5OS/c1-11-5-3-4-6-15(11)28-18(20(21,22)23)13(10-24-28)19(29)25-17-9-14(26-27-17)16-8-7-12(2)30-16/h3-10H,1-2H3,(H2,25,26,27,29). The summed E-state index contributed by atoms with van der Waals surface area (Å²) >= 11 is 1.53. The van der Waals surface area contributed by atoms with E-state index in [0.29, 0.717) is 11.3 Å². The molecule has 4 aromatic rings. The van der Waals surface area contributed by atoms with E-state index in [9.17, 15) is 18.0 Å². The van der Waals surface area contributed by atoms with Crippen LogP contribution in [-0.4, -0.2) is 25.9 Å². The van der Waals surface area contributed by atoms with E-state index in [1.54, 1.807) is 31.2 Å². The topological polar surface area (TPSA) is 75.6 Å². The van der Waals surface area contributed by atoms with Crippen molar-refractivity contribution in [1.29, 1.82) is 0 Å². The molecule has 0 saturated carbocycles. The lowest BCUT2D eigenvalue weighted by Crippen LogP contribution is -2.21. The second-order valence-electron chi connectivity index (χ2n) is 6.63. The van der Waals surface area contributed by atoms with Crippen LogP contribution in [0.15, 0.2) is 48.7 Å². The van der Waals surface area contributed by atoms with Crippen molar-refractivity contribution in [2.24, 2.45) is 0 Å². The number of nitrogens with one attached hydrogen (secondary N) is 2. The number of carbonyl (C=O) groups excluding carboxylic acids is 1. The van der Waals surface area contributed by atoms with Gasteiger partial charge in [0.25, 0.3) is 5.91 Å². The average Bonchev–Trinajstić information content (AvgIpc) is 3.40. The van der Waals surface area contributed by atoms with Crippen molar-refractivity contribution in [3.05, 3.63) is 70.4 Å². The Morgan fingerprint density at radius 3 is 2.60 bits per heavy atom. The molecule has 1 amide bonds. The first-order valence-corrected chi connectivity index (χ1v) is 9.70. The number of halogens is 3. The fraction of sp³-hybridized carbons (Fsp3) is 0.150. The van der Waals surface area contributed by atoms with Gasteiger partial charge in [0.05, 0.1) is 28.0 Å². The van der Waals surface area contributed by atoms with Crippen LogP contribution in [0, 0.1) is 13.8 Å². The van der Waals surface area contributed by atoms with E-state index < -0.39 is 23.3 Å². The van der Waals surface area contributed by atoms with Crippen molar-refractivity contribution in [3.8, 4) is 16.3 Å². The molecule has 0 spiro atoms. The molecule has 6 nitrogen and oxygen atoms in total. The first kappa shape index (κ1) is 19.9. The average molecular weight is 431 g/mol. The molecule has 0 saturated heterocycles. The SMILES string of the molecule is Cc1ccc(-c2cc(NC(=O)c3cnn(-c4ccccc4C)c3C(F)(F)F)n[nH]2)s1. The normalized spacial score (nSPS) is 11.6. The lowest BCUT2D eigenvalue weighted by molar-refractivity contribution is -0.143. The fourth-order valence-electron chi connectivity index (χ4n) is 3.05. The number of aromatic nitrogens is 4. The molecule has 1 aromatic carbocycles. The first-order chi connectivity index (χ1) is 14.2. The Hall–Kier alpha value is -3.40. The zero-order valence-corrected chi connectivity index (χ0v) is 16.7. The molecule has 0 fully saturated rings. The van der Waals surface area contributed by atoms with Gasteiger partial charge >= 0.3 is 6.18 Å². The monoisotopic (exact) mass is 431 g/mol. The number of H-pyrrole nitrogens is 1. The van der Waals surface area contributed by atoms with Crippen LogP contribution < -0.4 is 5.32 Å². The van der Waals surface area contributed by atoms with Gasteiger partial charge in [0.15, 0.2) is 11.5 Å². The predicted octanol–water partition coefficient (Wildman–Crippen LogP) is 5.21. The maximum Gasteiger partial charge on any atom is 0.434 e. The molecule has 0 aliphatic carbocycles. The summed E-state index contributed by atoms with van der Waals surface area (Å²) in [5.41, 5.74) is -0.212. The van der Waals surface area contributed by atoms with Crippen LogP contribution >= 0.6 is 11.3 Å².